The van der Waals surface area contributed by atoms with Gasteiger partial charge in [-0.25, -0.2) is 5.43 Å². The molecule has 3 nitrogen and oxygen atoms in total. The number of halogens is 1. The van der Waals surface area contributed by atoms with Gasteiger partial charge in [0.1, 0.15) is 0 Å². The van der Waals surface area contributed by atoms with Crippen molar-refractivity contribution in [1.29, 1.82) is 0 Å². The smallest absolute Gasteiger partial charge is 0.0365 e. The van der Waals surface area contributed by atoms with Crippen molar-refractivity contribution >= 4 is 23.5 Å². The average Bonchev–Trinajstić information content (AvgIpc) is 2.28. The van der Waals surface area contributed by atoms with Crippen LogP contribution in [0.1, 0.15) is 26.2 Å². The molecule has 0 bridgehead atoms. The highest BCUT2D eigenvalue weighted by atomic mass is 35.5. The SMILES string of the molecule is C[C@@H](CCCl)NN(O)SCC1=CCCC=C1. The highest BCUT2D eigenvalue weighted by Crippen LogP contribution is 2.16. The van der Waals surface area contributed by atoms with Crippen LogP contribution in [-0.2, 0) is 0 Å². The maximum atomic E-state index is 9.57. The standard InChI is InChI=1S/C11H19ClN2OS/c1-10(7-8-12)13-14(15)16-9-11-5-3-2-4-6-11/h3,5-6,10,13,15H,2,4,7-9H2,1H3/t10-/m0/s1. The van der Waals surface area contributed by atoms with Crippen LogP contribution in [0.4, 0.5) is 0 Å². The van der Waals surface area contributed by atoms with E-state index in [2.05, 4.69) is 23.7 Å². The largest absolute Gasteiger partial charge is 0.289 e. The molecule has 0 unspecified atom stereocenters. The molecule has 0 aliphatic heterocycles. The van der Waals surface area contributed by atoms with E-state index in [9.17, 15) is 5.21 Å². The van der Waals surface area contributed by atoms with Gasteiger partial charge in [-0.15, -0.1) is 11.6 Å². The number of nitrogens with one attached hydrogen (secondary N) is 1. The van der Waals surface area contributed by atoms with Gasteiger partial charge in [-0.2, -0.15) is 0 Å². The molecule has 16 heavy (non-hydrogen) atoms. The van der Waals surface area contributed by atoms with Crippen LogP contribution in [0, 0.1) is 0 Å². The Morgan fingerprint density at radius 3 is 3.06 bits per heavy atom. The van der Waals surface area contributed by atoms with E-state index >= 15 is 0 Å². The molecule has 5 heteroatoms. The third-order valence-electron chi connectivity index (χ3n) is 2.30. The van der Waals surface area contributed by atoms with Gasteiger partial charge in [-0.1, -0.05) is 22.8 Å². The molecule has 92 valence electrons. The molecule has 0 spiro atoms. The number of hydrogen-bond acceptors (Lipinski definition) is 4. The number of hydrazine groups is 1. The number of alkyl halides is 1. The van der Waals surface area contributed by atoms with Crippen molar-refractivity contribution in [3.63, 3.8) is 0 Å². The third-order valence-corrected chi connectivity index (χ3v) is 3.33. The lowest BCUT2D eigenvalue weighted by Gasteiger charge is -2.19. The number of allylic oxidation sites excluding steroid dienone is 3. The Bertz CT molecular complexity index is 258. The number of nitrogens with zero attached hydrogens (tertiary/aromatic N) is 1. The summed E-state index contributed by atoms with van der Waals surface area (Å²) in [6.07, 6.45) is 9.56. The Kier molecular flexibility index (Phi) is 7.16. The van der Waals surface area contributed by atoms with E-state index in [-0.39, 0.29) is 6.04 Å². The monoisotopic (exact) mass is 262 g/mol. The van der Waals surface area contributed by atoms with Gasteiger partial charge in [0, 0.05) is 17.7 Å². The molecule has 0 radical (unpaired) electrons. The van der Waals surface area contributed by atoms with E-state index in [1.807, 2.05) is 6.92 Å². The quantitative estimate of drug-likeness (QED) is 0.420. The van der Waals surface area contributed by atoms with Crippen molar-refractivity contribution in [3.8, 4) is 0 Å². The van der Waals surface area contributed by atoms with Crippen LogP contribution >= 0.6 is 23.5 Å². The summed E-state index contributed by atoms with van der Waals surface area (Å²) in [5.74, 6) is 1.38. The van der Waals surface area contributed by atoms with Crippen LogP contribution in [0.2, 0.25) is 0 Å². The van der Waals surface area contributed by atoms with Crippen LogP contribution in [0.15, 0.2) is 23.8 Å². The fourth-order valence-corrected chi connectivity index (χ4v) is 2.43. The maximum Gasteiger partial charge on any atom is 0.0365 e. The highest BCUT2D eigenvalue weighted by Gasteiger charge is 2.07. The Labute approximate surface area is 107 Å². The van der Waals surface area contributed by atoms with Gasteiger partial charge in [0.15, 0.2) is 0 Å². The molecule has 0 saturated carbocycles. The Morgan fingerprint density at radius 1 is 1.62 bits per heavy atom. The minimum atomic E-state index is 0.186. The van der Waals surface area contributed by atoms with E-state index in [1.165, 1.54) is 17.5 Å². The van der Waals surface area contributed by atoms with Gasteiger partial charge >= 0.3 is 0 Å². The van der Waals surface area contributed by atoms with E-state index < -0.39 is 0 Å². The molecule has 0 saturated heterocycles. The lowest BCUT2D eigenvalue weighted by Crippen LogP contribution is -2.37. The Hall–Kier alpha value is -0.000000000000000111. The zero-order valence-electron chi connectivity index (χ0n) is 9.53. The van der Waals surface area contributed by atoms with Gasteiger partial charge in [-0.3, -0.25) is 5.21 Å². The first-order chi connectivity index (χ1) is 7.72. The van der Waals surface area contributed by atoms with Crippen molar-refractivity contribution in [3.05, 3.63) is 23.8 Å². The summed E-state index contributed by atoms with van der Waals surface area (Å²) >= 11 is 6.97. The summed E-state index contributed by atoms with van der Waals surface area (Å²) in [5, 5.41) is 9.57. The molecule has 1 atom stereocenters. The topological polar surface area (TPSA) is 35.5 Å². The second-order valence-electron chi connectivity index (χ2n) is 3.81. The first-order valence-electron chi connectivity index (χ1n) is 5.52. The molecule has 0 aromatic heterocycles. The van der Waals surface area contributed by atoms with E-state index in [0.717, 1.165) is 29.6 Å². The lowest BCUT2D eigenvalue weighted by molar-refractivity contribution is -0.0423. The molecule has 1 aliphatic rings. The first-order valence-corrected chi connectivity index (χ1v) is 6.99. The summed E-state index contributed by atoms with van der Waals surface area (Å²) in [5.41, 5.74) is 4.20. The summed E-state index contributed by atoms with van der Waals surface area (Å²) < 4.78 is 1.08. The second-order valence-corrected chi connectivity index (χ2v) is 5.08. The zero-order valence-corrected chi connectivity index (χ0v) is 11.1. The number of rotatable bonds is 7. The van der Waals surface area contributed by atoms with E-state index in [4.69, 9.17) is 11.6 Å². The molecular formula is C11H19ClN2OS. The Morgan fingerprint density at radius 2 is 2.44 bits per heavy atom. The van der Waals surface area contributed by atoms with Gasteiger partial charge in [-0.05, 0) is 43.7 Å². The minimum Gasteiger partial charge on any atom is -0.289 e. The number of hydrogen-bond donors (Lipinski definition) is 2. The molecule has 0 amide bonds. The molecule has 2 N–H and O–H groups in total. The molecule has 0 aromatic carbocycles. The summed E-state index contributed by atoms with van der Waals surface area (Å²) in [6, 6.07) is 0.186. The van der Waals surface area contributed by atoms with E-state index in [1.54, 1.807) is 0 Å². The second kappa shape index (κ2) is 8.14. The van der Waals surface area contributed by atoms with Crippen molar-refractivity contribution in [2.24, 2.45) is 0 Å². The van der Waals surface area contributed by atoms with Crippen LogP contribution < -0.4 is 5.43 Å². The zero-order chi connectivity index (χ0) is 11.8. The first kappa shape index (κ1) is 14.1. The fourth-order valence-electron chi connectivity index (χ4n) is 1.36. The minimum absolute atomic E-state index is 0.186. The average molecular weight is 263 g/mol. The summed E-state index contributed by atoms with van der Waals surface area (Å²) in [7, 11) is 0. The van der Waals surface area contributed by atoms with Crippen LogP contribution in [-0.4, -0.2) is 27.5 Å². The molecule has 0 aromatic rings. The third kappa shape index (κ3) is 5.92. The molecule has 0 heterocycles. The molecular weight excluding hydrogens is 244 g/mol. The van der Waals surface area contributed by atoms with Crippen LogP contribution in [0.25, 0.3) is 0 Å². The molecule has 0 fully saturated rings. The van der Waals surface area contributed by atoms with Crippen LogP contribution in [0.5, 0.6) is 0 Å². The predicted octanol–water partition coefficient (Wildman–Crippen LogP) is 3.12. The van der Waals surface area contributed by atoms with Gasteiger partial charge < -0.3 is 0 Å². The summed E-state index contributed by atoms with van der Waals surface area (Å²) in [6.45, 7) is 1.99. The predicted molar refractivity (Wildman–Crippen MR) is 70.5 cm³/mol. The van der Waals surface area contributed by atoms with E-state index in [0.29, 0.717) is 5.88 Å². The van der Waals surface area contributed by atoms with Crippen molar-refractivity contribution in [2.75, 3.05) is 11.6 Å². The van der Waals surface area contributed by atoms with Crippen molar-refractivity contribution in [2.45, 2.75) is 32.2 Å². The lowest BCUT2D eigenvalue weighted by atomic mass is 10.1. The van der Waals surface area contributed by atoms with Crippen molar-refractivity contribution in [1.82, 2.24) is 10.0 Å². The fraction of sp³-hybridized carbons (Fsp3) is 0.636. The summed E-state index contributed by atoms with van der Waals surface area (Å²) in [4.78, 5) is 0. The van der Waals surface area contributed by atoms with Crippen LogP contribution in [0.3, 0.4) is 0 Å². The van der Waals surface area contributed by atoms with Gasteiger partial charge in [0.2, 0.25) is 0 Å². The molecule has 1 rings (SSSR count). The normalized spacial score (nSPS) is 17.6. The maximum absolute atomic E-state index is 9.57. The Balaban J connectivity index is 2.16. The van der Waals surface area contributed by atoms with Gasteiger partial charge in [0.25, 0.3) is 0 Å². The van der Waals surface area contributed by atoms with Crippen molar-refractivity contribution < 1.29 is 5.21 Å². The molecule has 1 aliphatic carbocycles. The van der Waals surface area contributed by atoms with Gasteiger partial charge in [0.05, 0.1) is 0 Å². The highest BCUT2D eigenvalue weighted by molar-refractivity contribution is 7.96.